The van der Waals surface area contributed by atoms with Crippen LogP contribution in [0.1, 0.15) is 29.3 Å². The summed E-state index contributed by atoms with van der Waals surface area (Å²) in [5.74, 6) is 0.664. The van der Waals surface area contributed by atoms with Gasteiger partial charge in [-0.3, -0.25) is 4.98 Å². The van der Waals surface area contributed by atoms with Crippen molar-refractivity contribution >= 4 is 11.3 Å². The average molecular weight is 250 g/mol. The largest absolute Gasteiger partial charge is 0.492 e. The maximum Gasteiger partial charge on any atom is 0.137 e. The second-order valence-electron chi connectivity index (χ2n) is 3.62. The molecule has 0 aliphatic carbocycles. The Kier molecular flexibility index (Phi) is 3.71. The summed E-state index contributed by atoms with van der Waals surface area (Å²) in [5, 5.41) is 12.7. The Morgan fingerprint density at radius 3 is 2.94 bits per heavy atom. The summed E-state index contributed by atoms with van der Waals surface area (Å²) in [6.07, 6.45) is 2.53. The molecule has 90 valence electrons. The molecular formula is C12H14N2O2S. The SMILES string of the molecule is CCOc1cncc(C(O)c2nc(C)cs2)c1. The summed E-state index contributed by atoms with van der Waals surface area (Å²) in [4.78, 5) is 8.31. The molecule has 0 saturated heterocycles. The highest BCUT2D eigenvalue weighted by atomic mass is 32.1. The fourth-order valence-electron chi connectivity index (χ4n) is 1.47. The van der Waals surface area contributed by atoms with E-state index in [0.29, 0.717) is 22.9 Å². The molecule has 17 heavy (non-hydrogen) atoms. The van der Waals surface area contributed by atoms with Crippen LogP contribution in [-0.4, -0.2) is 21.7 Å². The Morgan fingerprint density at radius 1 is 1.47 bits per heavy atom. The first-order chi connectivity index (χ1) is 8.20. The van der Waals surface area contributed by atoms with E-state index in [2.05, 4.69) is 9.97 Å². The van der Waals surface area contributed by atoms with Gasteiger partial charge < -0.3 is 9.84 Å². The van der Waals surface area contributed by atoms with E-state index in [-0.39, 0.29) is 0 Å². The van der Waals surface area contributed by atoms with Crippen molar-refractivity contribution in [2.75, 3.05) is 6.61 Å². The van der Waals surface area contributed by atoms with Gasteiger partial charge in [0.05, 0.1) is 12.8 Å². The number of aliphatic hydroxyl groups excluding tert-OH is 1. The van der Waals surface area contributed by atoms with Crippen LogP contribution in [0.15, 0.2) is 23.8 Å². The predicted molar refractivity (Wildman–Crippen MR) is 66.3 cm³/mol. The number of hydrogen-bond donors (Lipinski definition) is 1. The molecule has 0 radical (unpaired) electrons. The van der Waals surface area contributed by atoms with Crippen LogP contribution in [0, 0.1) is 6.92 Å². The lowest BCUT2D eigenvalue weighted by molar-refractivity contribution is 0.218. The first-order valence-electron chi connectivity index (χ1n) is 5.38. The number of rotatable bonds is 4. The zero-order chi connectivity index (χ0) is 12.3. The van der Waals surface area contributed by atoms with E-state index >= 15 is 0 Å². The molecule has 0 amide bonds. The highest BCUT2D eigenvalue weighted by molar-refractivity contribution is 7.09. The standard InChI is InChI=1S/C12H14N2O2S/c1-3-16-10-4-9(5-13-6-10)11(15)12-14-8(2)7-17-12/h4-7,11,15H,3H2,1-2H3. The molecule has 0 bridgehead atoms. The minimum atomic E-state index is -0.735. The lowest BCUT2D eigenvalue weighted by Gasteiger charge is -2.09. The molecule has 0 aromatic carbocycles. The first kappa shape index (κ1) is 12.0. The van der Waals surface area contributed by atoms with E-state index in [4.69, 9.17) is 4.74 Å². The zero-order valence-electron chi connectivity index (χ0n) is 9.75. The monoisotopic (exact) mass is 250 g/mol. The van der Waals surface area contributed by atoms with Crippen molar-refractivity contribution in [2.24, 2.45) is 0 Å². The molecule has 2 aromatic heterocycles. The molecular weight excluding hydrogens is 236 g/mol. The minimum absolute atomic E-state index is 0.581. The van der Waals surface area contributed by atoms with Crippen molar-refractivity contribution in [1.29, 1.82) is 0 Å². The van der Waals surface area contributed by atoms with Gasteiger partial charge >= 0.3 is 0 Å². The van der Waals surface area contributed by atoms with E-state index in [0.717, 1.165) is 5.69 Å². The van der Waals surface area contributed by atoms with Crippen LogP contribution in [0.3, 0.4) is 0 Å². The van der Waals surface area contributed by atoms with Crippen LogP contribution in [-0.2, 0) is 0 Å². The number of aromatic nitrogens is 2. The molecule has 0 aliphatic rings. The fraction of sp³-hybridized carbons (Fsp3) is 0.333. The molecule has 0 spiro atoms. The molecule has 1 N–H and O–H groups in total. The van der Waals surface area contributed by atoms with Gasteiger partial charge in [0.2, 0.25) is 0 Å². The van der Waals surface area contributed by atoms with Crippen molar-refractivity contribution in [3.8, 4) is 5.75 Å². The number of aryl methyl sites for hydroxylation is 1. The van der Waals surface area contributed by atoms with Crippen molar-refractivity contribution in [1.82, 2.24) is 9.97 Å². The predicted octanol–water partition coefficient (Wildman–Crippen LogP) is 2.33. The Morgan fingerprint density at radius 2 is 2.29 bits per heavy atom. The maximum atomic E-state index is 10.2. The Bertz CT molecular complexity index is 499. The zero-order valence-corrected chi connectivity index (χ0v) is 10.6. The third-order valence-electron chi connectivity index (χ3n) is 2.23. The molecule has 1 atom stereocenters. The number of nitrogens with zero attached hydrogens (tertiary/aromatic N) is 2. The second-order valence-corrected chi connectivity index (χ2v) is 4.51. The summed E-state index contributed by atoms with van der Waals surface area (Å²) >= 11 is 1.44. The highest BCUT2D eigenvalue weighted by Gasteiger charge is 2.15. The molecule has 1 unspecified atom stereocenters. The highest BCUT2D eigenvalue weighted by Crippen LogP contribution is 2.26. The summed E-state index contributed by atoms with van der Waals surface area (Å²) < 4.78 is 5.35. The number of hydrogen-bond acceptors (Lipinski definition) is 5. The smallest absolute Gasteiger partial charge is 0.137 e. The average Bonchev–Trinajstić information content (AvgIpc) is 2.76. The van der Waals surface area contributed by atoms with E-state index < -0.39 is 6.10 Å². The Hall–Kier alpha value is -1.46. The number of pyridine rings is 1. The van der Waals surface area contributed by atoms with Gasteiger partial charge in [-0.1, -0.05) is 0 Å². The third-order valence-corrected chi connectivity index (χ3v) is 3.25. The molecule has 0 saturated carbocycles. The third kappa shape index (κ3) is 2.81. The lowest BCUT2D eigenvalue weighted by Crippen LogP contribution is -2.01. The quantitative estimate of drug-likeness (QED) is 0.904. The molecule has 5 heteroatoms. The van der Waals surface area contributed by atoms with Crippen LogP contribution in [0.4, 0.5) is 0 Å². The van der Waals surface area contributed by atoms with Crippen molar-refractivity contribution in [2.45, 2.75) is 20.0 Å². The van der Waals surface area contributed by atoms with Crippen LogP contribution in [0.25, 0.3) is 0 Å². The molecule has 4 nitrogen and oxygen atoms in total. The van der Waals surface area contributed by atoms with Crippen molar-refractivity contribution in [3.63, 3.8) is 0 Å². The topological polar surface area (TPSA) is 55.2 Å². The van der Waals surface area contributed by atoms with Gasteiger partial charge in [0.15, 0.2) is 0 Å². The van der Waals surface area contributed by atoms with E-state index in [1.54, 1.807) is 18.5 Å². The number of thiazole rings is 1. The van der Waals surface area contributed by atoms with Gasteiger partial charge in [0.1, 0.15) is 16.9 Å². The van der Waals surface area contributed by atoms with Gasteiger partial charge in [-0.15, -0.1) is 11.3 Å². The molecule has 2 aromatic rings. The van der Waals surface area contributed by atoms with E-state index in [1.165, 1.54) is 11.3 Å². The van der Waals surface area contributed by atoms with E-state index in [1.807, 2.05) is 19.2 Å². The fourth-order valence-corrected chi connectivity index (χ4v) is 2.28. The van der Waals surface area contributed by atoms with Gasteiger partial charge in [0.25, 0.3) is 0 Å². The Balaban J connectivity index is 2.24. The van der Waals surface area contributed by atoms with Gasteiger partial charge in [-0.25, -0.2) is 4.98 Å². The summed E-state index contributed by atoms with van der Waals surface area (Å²) in [7, 11) is 0. The van der Waals surface area contributed by atoms with E-state index in [9.17, 15) is 5.11 Å². The summed E-state index contributed by atoms with van der Waals surface area (Å²) in [6, 6.07) is 1.79. The van der Waals surface area contributed by atoms with Crippen LogP contribution in [0.2, 0.25) is 0 Å². The lowest BCUT2D eigenvalue weighted by atomic mass is 10.2. The maximum absolute atomic E-state index is 10.2. The van der Waals surface area contributed by atoms with Crippen LogP contribution in [0.5, 0.6) is 5.75 Å². The minimum Gasteiger partial charge on any atom is -0.492 e. The van der Waals surface area contributed by atoms with Crippen LogP contribution >= 0.6 is 11.3 Å². The van der Waals surface area contributed by atoms with Gasteiger partial charge in [0, 0.05) is 22.8 Å². The molecule has 2 heterocycles. The van der Waals surface area contributed by atoms with Crippen molar-refractivity contribution in [3.05, 3.63) is 40.1 Å². The number of ether oxygens (including phenoxy) is 1. The van der Waals surface area contributed by atoms with Gasteiger partial charge in [-0.2, -0.15) is 0 Å². The molecule has 0 fully saturated rings. The summed E-state index contributed by atoms with van der Waals surface area (Å²) in [6.45, 7) is 4.40. The second kappa shape index (κ2) is 5.25. The van der Waals surface area contributed by atoms with Gasteiger partial charge in [-0.05, 0) is 19.9 Å². The van der Waals surface area contributed by atoms with Crippen LogP contribution < -0.4 is 4.74 Å². The molecule has 2 rings (SSSR count). The van der Waals surface area contributed by atoms with Crippen molar-refractivity contribution < 1.29 is 9.84 Å². The summed E-state index contributed by atoms with van der Waals surface area (Å²) in [5.41, 5.74) is 1.61. The first-order valence-corrected chi connectivity index (χ1v) is 6.26. The normalized spacial score (nSPS) is 12.4. The molecule has 0 aliphatic heterocycles. The number of aliphatic hydroxyl groups is 1. The Labute approximate surface area is 104 Å².